The van der Waals surface area contributed by atoms with Gasteiger partial charge in [-0.2, -0.15) is 0 Å². The first-order chi connectivity index (χ1) is 14.9. The highest BCUT2D eigenvalue weighted by Crippen LogP contribution is 2.25. The molecule has 0 atom stereocenters. The Kier molecular flexibility index (Phi) is 7.68. The van der Waals surface area contributed by atoms with E-state index in [9.17, 15) is 9.59 Å². The fourth-order valence-electron chi connectivity index (χ4n) is 3.61. The second kappa shape index (κ2) is 10.4. The van der Waals surface area contributed by atoms with Crippen molar-refractivity contribution in [1.82, 2.24) is 19.9 Å². The number of piperazine rings is 1. The van der Waals surface area contributed by atoms with Crippen molar-refractivity contribution >= 4 is 11.8 Å². The number of aromatic nitrogens is 1. The van der Waals surface area contributed by atoms with Gasteiger partial charge in [-0.25, -0.2) is 0 Å². The van der Waals surface area contributed by atoms with Gasteiger partial charge >= 0.3 is 0 Å². The number of rotatable bonds is 8. The molecule has 1 aromatic carbocycles. The van der Waals surface area contributed by atoms with E-state index in [1.54, 1.807) is 18.1 Å². The highest BCUT2D eigenvalue weighted by molar-refractivity contribution is 5.93. The molecule has 0 bridgehead atoms. The van der Waals surface area contributed by atoms with Crippen LogP contribution < -0.4 is 4.74 Å². The van der Waals surface area contributed by atoms with Gasteiger partial charge in [-0.1, -0.05) is 31.1 Å². The van der Waals surface area contributed by atoms with E-state index in [1.807, 2.05) is 43.0 Å². The molecule has 31 heavy (non-hydrogen) atoms. The van der Waals surface area contributed by atoms with Crippen LogP contribution >= 0.6 is 0 Å². The maximum Gasteiger partial charge on any atom is 0.276 e. The molecule has 8 nitrogen and oxygen atoms in total. The first-order valence-electron chi connectivity index (χ1n) is 10.7. The molecule has 0 N–H and O–H groups in total. The molecule has 1 fully saturated rings. The quantitative estimate of drug-likeness (QED) is 0.643. The van der Waals surface area contributed by atoms with Crippen molar-refractivity contribution in [3.8, 4) is 17.1 Å². The van der Waals surface area contributed by atoms with Crippen LogP contribution in [0, 0.1) is 5.92 Å². The molecule has 2 amide bonds. The van der Waals surface area contributed by atoms with E-state index in [-0.39, 0.29) is 23.4 Å². The number of ether oxygens (including phenoxy) is 1. The molecule has 0 saturated carbocycles. The first kappa shape index (κ1) is 22.8. The van der Waals surface area contributed by atoms with Gasteiger partial charge in [0.15, 0.2) is 11.5 Å². The minimum atomic E-state index is -0.224. The first-order valence-corrected chi connectivity index (χ1v) is 10.7. The number of carbonyl (C=O) groups is 2. The van der Waals surface area contributed by atoms with E-state index in [0.717, 1.165) is 31.7 Å². The van der Waals surface area contributed by atoms with Crippen LogP contribution in [0.25, 0.3) is 11.3 Å². The Morgan fingerprint density at radius 1 is 1.19 bits per heavy atom. The third kappa shape index (κ3) is 6.07. The van der Waals surface area contributed by atoms with Crippen molar-refractivity contribution < 1.29 is 18.8 Å². The summed E-state index contributed by atoms with van der Waals surface area (Å²) in [5.74, 6) is 1.34. The number of methoxy groups -OCH3 is 1. The summed E-state index contributed by atoms with van der Waals surface area (Å²) in [6.07, 6.45) is 0.308. The molecule has 2 heterocycles. The van der Waals surface area contributed by atoms with Crippen LogP contribution in [-0.4, -0.2) is 85.1 Å². The summed E-state index contributed by atoms with van der Waals surface area (Å²) < 4.78 is 10.7. The molecule has 2 aromatic rings. The van der Waals surface area contributed by atoms with Crippen LogP contribution in [0.2, 0.25) is 0 Å². The maximum absolute atomic E-state index is 13.1. The summed E-state index contributed by atoms with van der Waals surface area (Å²) >= 11 is 0. The lowest BCUT2D eigenvalue weighted by Gasteiger charge is -2.33. The minimum absolute atomic E-state index is 0.0897. The monoisotopic (exact) mass is 428 g/mol. The van der Waals surface area contributed by atoms with Gasteiger partial charge in [0.2, 0.25) is 5.91 Å². The van der Waals surface area contributed by atoms with Crippen LogP contribution in [0.5, 0.6) is 5.75 Å². The zero-order chi connectivity index (χ0) is 22.4. The summed E-state index contributed by atoms with van der Waals surface area (Å²) in [6.45, 7) is 8.25. The number of amides is 2. The lowest BCUT2D eigenvalue weighted by atomic mass is 10.1. The lowest BCUT2D eigenvalue weighted by molar-refractivity contribution is -0.133. The number of hydrogen-bond acceptors (Lipinski definition) is 6. The Hall–Kier alpha value is -2.87. The van der Waals surface area contributed by atoms with Gasteiger partial charge < -0.3 is 24.0 Å². The third-order valence-electron chi connectivity index (χ3n) is 5.41. The van der Waals surface area contributed by atoms with Crippen LogP contribution in [-0.2, 0) is 4.79 Å². The van der Waals surface area contributed by atoms with Crippen molar-refractivity contribution in [1.29, 1.82) is 0 Å². The number of hydrogen-bond donors (Lipinski definition) is 0. The smallest absolute Gasteiger partial charge is 0.276 e. The number of carbonyl (C=O) groups excluding carboxylic acids is 2. The number of likely N-dealkylation sites (N-methyl/N-ethyl adjacent to an activating group) is 1. The molecule has 0 aliphatic carbocycles. The van der Waals surface area contributed by atoms with Crippen molar-refractivity contribution in [3.05, 3.63) is 36.0 Å². The van der Waals surface area contributed by atoms with Gasteiger partial charge in [0, 0.05) is 57.3 Å². The average molecular weight is 429 g/mol. The summed E-state index contributed by atoms with van der Waals surface area (Å²) in [4.78, 5) is 31.5. The van der Waals surface area contributed by atoms with Crippen LogP contribution in [0.15, 0.2) is 34.9 Å². The predicted octanol–water partition coefficient (Wildman–Crippen LogP) is 2.61. The zero-order valence-corrected chi connectivity index (χ0v) is 18.8. The van der Waals surface area contributed by atoms with Crippen molar-refractivity contribution in [2.75, 3.05) is 53.4 Å². The molecule has 1 aromatic heterocycles. The summed E-state index contributed by atoms with van der Waals surface area (Å²) in [6, 6.07) is 9.04. The van der Waals surface area contributed by atoms with Crippen molar-refractivity contribution in [2.45, 2.75) is 20.3 Å². The molecule has 8 heteroatoms. The number of benzene rings is 1. The highest BCUT2D eigenvalue weighted by atomic mass is 16.5. The molecule has 1 aliphatic heterocycles. The second-order valence-electron chi connectivity index (χ2n) is 8.39. The molecule has 168 valence electrons. The van der Waals surface area contributed by atoms with E-state index in [1.165, 1.54) is 0 Å². The van der Waals surface area contributed by atoms with Gasteiger partial charge in [0.05, 0.1) is 7.11 Å². The largest absolute Gasteiger partial charge is 0.497 e. The fraction of sp³-hybridized carbons (Fsp3) is 0.522. The lowest BCUT2D eigenvalue weighted by Crippen LogP contribution is -2.48. The van der Waals surface area contributed by atoms with Gasteiger partial charge in [-0.05, 0) is 25.1 Å². The normalized spacial score (nSPS) is 14.7. The van der Waals surface area contributed by atoms with E-state index in [2.05, 4.69) is 17.1 Å². The standard InChI is InChI=1S/C23H32N4O4/c1-17(2)16-27(9-8-22(28)26-12-10-25(3)11-13-26)23(29)20-15-21(31-24-20)18-6-5-7-19(14-18)30-4/h5-7,14-15,17H,8-13,16H2,1-4H3. The average Bonchev–Trinajstić information content (AvgIpc) is 3.26. The molecule has 1 saturated heterocycles. The minimum Gasteiger partial charge on any atom is -0.497 e. The summed E-state index contributed by atoms with van der Waals surface area (Å²) in [5, 5.41) is 3.99. The fourth-order valence-corrected chi connectivity index (χ4v) is 3.61. The summed E-state index contributed by atoms with van der Waals surface area (Å²) in [7, 11) is 3.66. The molecule has 3 rings (SSSR count). The van der Waals surface area contributed by atoms with E-state index in [4.69, 9.17) is 9.26 Å². The second-order valence-corrected chi connectivity index (χ2v) is 8.39. The topological polar surface area (TPSA) is 79.1 Å². The van der Waals surface area contributed by atoms with E-state index >= 15 is 0 Å². The number of nitrogens with zero attached hydrogens (tertiary/aromatic N) is 4. The Morgan fingerprint density at radius 3 is 2.61 bits per heavy atom. The maximum atomic E-state index is 13.1. The van der Waals surface area contributed by atoms with Crippen molar-refractivity contribution in [3.63, 3.8) is 0 Å². The molecule has 0 unspecified atom stereocenters. The Morgan fingerprint density at radius 2 is 1.94 bits per heavy atom. The Balaban J connectivity index is 1.67. The van der Waals surface area contributed by atoms with Crippen LogP contribution in [0.4, 0.5) is 0 Å². The van der Waals surface area contributed by atoms with Crippen LogP contribution in [0.3, 0.4) is 0 Å². The molecular weight excluding hydrogens is 396 g/mol. The SMILES string of the molecule is COc1cccc(-c2cc(C(=O)N(CCC(=O)N3CCN(C)CC3)CC(C)C)no2)c1. The molecule has 1 aliphatic rings. The summed E-state index contributed by atoms with van der Waals surface area (Å²) in [5.41, 5.74) is 1.03. The predicted molar refractivity (Wildman–Crippen MR) is 118 cm³/mol. The molecular formula is C23H32N4O4. The van der Waals surface area contributed by atoms with Crippen LogP contribution in [0.1, 0.15) is 30.8 Å². The van der Waals surface area contributed by atoms with E-state index in [0.29, 0.717) is 31.0 Å². The molecule has 0 radical (unpaired) electrons. The van der Waals surface area contributed by atoms with Gasteiger partial charge in [0.25, 0.3) is 5.91 Å². The molecule has 0 spiro atoms. The van der Waals surface area contributed by atoms with Gasteiger partial charge in [-0.15, -0.1) is 0 Å². The van der Waals surface area contributed by atoms with E-state index < -0.39 is 0 Å². The van der Waals surface area contributed by atoms with Crippen molar-refractivity contribution in [2.24, 2.45) is 5.92 Å². The van der Waals surface area contributed by atoms with Gasteiger partial charge in [-0.3, -0.25) is 9.59 Å². The van der Waals surface area contributed by atoms with Gasteiger partial charge in [0.1, 0.15) is 5.75 Å². The third-order valence-corrected chi connectivity index (χ3v) is 5.41. The zero-order valence-electron chi connectivity index (χ0n) is 18.8. The highest BCUT2D eigenvalue weighted by Gasteiger charge is 2.24. The Bertz CT molecular complexity index is 887. The Labute approximate surface area is 183 Å².